The number of hydrogen-bond donors (Lipinski definition) is 5. The van der Waals surface area contributed by atoms with E-state index in [1.54, 1.807) is 32.9 Å². The Morgan fingerprint density at radius 3 is 2.50 bits per heavy atom. The molecule has 1 fully saturated rings. The number of carboxylic acids is 1. The molecule has 5 N–H and O–H groups in total. The molecule has 3 atom stereocenters. The van der Waals surface area contributed by atoms with Crippen molar-refractivity contribution in [1.29, 1.82) is 0 Å². The zero-order valence-corrected chi connectivity index (χ0v) is 23.7. The summed E-state index contributed by atoms with van der Waals surface area (Å²) in [7, 11) is -1.58. The maximum atomic E-state index is 13.7. The Labute approximate surface area is 245 Å². The highest BCUT2D eigenvalue weighted by Crippen LogP contribution is 2.41. The van der Waals surface area contributed by atoms with Crippen LogP contribution in [0.3, 0.4) is 0 Å². The highest BCUT2D eigenvalue weighted by molar-refractivity contribution is 6.47. The molecule has 4 amide bonds. The molecular formula is C27H29BClN3O10. The first-order valence-electron chi connectivity index (χ1n) is 13.1. The summed E-state index contributed by atoms with van der Waals surface area (Å²) in [5.41, 5.74) is 0.659. The number of nitrogens with one attached hydrogen (secondary N) is 1. The first-order valence-corrected chi connectivity index (χ1v) is 13.5. The van der Waals surface area contributed by atoms with E-state index in [2.05, 4.69) is 5.32 Å². The number of fused-ring (bicyclic) bond motifs is 1. The first kappa shape index (κ1) is 30.7. The van der Waals surface area contributed by atoms with E-state index in [0.29, 0.717) is 16.0 Å². The number of ketones is 1. The number of piperazine rings is 1. The number of Topliss-reactive ketones (excluding diaryl/α,β-unsaturated/α-hetero) is 1. The molecule has 13 nitrogen and oxygen atoms in total. The number of carbonyl (C=O) groups excluding carboxylic acids is 4. The van der Waals surface area contributed by atoms with Gasteiger partial charge in [0, 0.05) is 30.9 Å². The number of carbonyl (C=O) groups is 5. The van der Waals surface area contributed by atoms with Crippen molar-refractivity contribution < 1.29 is 49.0 Å². The standard InChI is InChI=1S/C27H29BClN3O10/c1-4-31-11-13(3)32(25(37)24(31)36)27(40)30-21(16-7-8-17(33)22(35)20(16)29)18(34)10-15-9-14-6-5-12(2)19(26(38)39)23(14)42-28(15)41/h5-8,13,15,21,33,35,41H,4,9-11H2,1-3H3,(H,30,40)(H,38,39)/t13-,15+,21?/m0/s1. The number of aromatic hydroxyl groups is 2. The molecule has 222 valence electrons. The van der Waals surface area contributed by atoms with Gasteiger partial charge in [-0.2, -0.15) is 0 Å². The van der Waals surface area contributed by atoms with E-state index in [9.17, 15) is 44.3 Å². The molecule has 0 aliphatic carbocycles. The van der Waals surface area contributed by atoms with Gasteiger partial charge in [-0.1, -0.05) is 29.8 Å². The van der Waals surface area contributed by atoms with Crippen LogP contribution in [0.2, 0.25) is 10.8 Å². The van der Waals surface area contributed by atoms with Gasteiger partial charge in [0.05, 0.1) is 11.1 Å². The fraction of sp³-hybridized carbons (Fsp3) is 0.370. The second kappa shape index (κ2) is 11.9. The highest BCUT2D eigenvalue weighted by Gasteiger charge is 2.43. The smallest absolute Gasteiger partial charge is 0.526 e. The number of hydrogen-bond acceptors (Lipinski definition) is 9. The van der Waals surface area contributed by atoms with Gasteiger partial charge in [-0.3, -0.25) is 19.3 Å². The summed E-state index contributed by atoms with van der Waals surface area (Å²) in [4.78, 5) is 66.1. The fourth-order valence-electron chi connectivity index (χ4n) is 5.24. The number of phenols is 2. The number of rotatable bonds is 7. The molecule has 1 unspecified atom stereocenters. The molecule has 2 aliphatic heterocycles. The van der Waals surface area contributed by atoms with Crippen molar-refractivity contribution in [2.24, 2.45) is 0 Å². The summed E-state index contributed by atoms with van der Waals surface area (Å²) in [6, 6.07) is 2.10. The quantitative estimate of drug-likeness (QED) is 0.178. The Hall–Kier alpha value is -4.30. The largest absolute Gasteiger partial charge is 0.535 e. The highest BCUT2D eigenvalue weighted by atomic mass is 35.5. The van der Waals surface area contributed by atoms with E-state index in [0.717, 1.165) is 6.07 Å². The van der Waals surface area contributed by atoms with Crippen LogP contribution >= 0.6 is 11.6 Å². The van der Waals surface area contributed by atoms with Crippen LogP contribution in [0.1, 0.15) is 53.4 Å². The second-order valence-corrected chi connectivity index (χ2v) is 10.7. The third-order valence-electron chi connectivity index (χ3n) is 7.49. The van der Waals surface area contributed by atoms with E-state index < -0.39 is 77.6 Å². The lowest BCUT2D eigenvalue weighted by Crippen LogP contribution is -2.62. The Morgan fingerprint density at radius 1 is 1.17 bits per heavy atom. The predicted molar refractivity (Wildman–Crippen MR) is 148 cm³/mol. The summed E-state index contributed by atoms with van der Waals surface area (Å²) in [5, 5.41) is 42.4. The van der Waals surface area contributed by atoms with Crippen LogP contribution in [0.15, 0.2) is 24.3 Å². The Kier molecular flexibility index (Phi) is 8.69. The average Bonchev–Trinajstić information content (AvgIpc) is 2.93. The predicted octanol–water partition coefficient (Wildman–Crippen LogP) is 2.03. The van der Waals surface area contributed by atoms with Crippen LogP contribution in [-0.4, -0.2) is 86.0 Å². The SMILES string of the molecule is CCN1C[C@H](C)N(C(=O)NC(C(=O)C[C@H]2Cc3ccc(C)c(C(=O)O)c3OB2O)c2ccc(O)c(O)c2Cl)C(=O)C1=O. The number of aryl methyl sites for hydroxylation is 1. The van der Waals surface area contributed by atoms with Gasteiger partial charge in [0.2, 0.25) is 0 Å². The van der Waals surface area contributed by atoms with E-state index >= 15 is 0 Å². The van der Waals surface area contributed by atoms with Gasteiger partial charge in [-0.15, -0.1) is 0 Å². The lowest BCUT2D eigenvalue weighted by molar-refractivity contribution is -0.155. The number of imide groups is 1. The van der Waals surface area contributed by atoms with Gasteiger partial charge < -0.3 is 35.2 Å². The van der Waals surface area contributed by atoms with E-state index in [1.165, 1.54) is 11.0 Å². The maximum absolute atomic E-state index is 13.7. The molecule has 4 rings (SSSR count). The number of likely N-dealkylation sites (N-methyl/N-ethyl adjacent to an activating group) is 1. The van der Waals surface area contributed by atoms with Gasteiger partial charge >= 0.3 is 30.9 Å². The summed E-state index contributed by atoms with van der Waals surface area (Å²) >= 11 is 6.24. The Bertz CT molecular complexity index is 1480. The van der Waals surface area contributed by atoms with E-state index in [-0.39, 0.29) is 36.4 Å². The van der Waals surface area contributed by atoms with Crippen molar-refractivity contribution in [2.45, 2.75) is 51.5 Å². The van der Waals surface area contributed by atoms with Crippen molar-refractivity contribution >= 4 is 48.3 Å². The number of aromatic carboxylic acids is 1. The topological polar surface area (TPSA) is 194 Å². The molecule has 0 radical (unpaired) electrons. The molecule has 42 heavy (non-hydrogen) atoms. The van der Waals surface area contributed by atoms with Gasteiger partial charge in [0.1, 0.15) is 17.4 Å². The van der Waals surface area contributed by atoms with Gasteiger partial charge in [0.25, 0.3) is 0 Å². The van der Waals surface area contributed by atoms with Crippen LogP contribution in [0, 0.1) is 6.92 Å². The zero-order chi connectivity index (χ0) is 31.0. The van der Waals surface area contributed by atoms with E-state index in [1.807, 2.05) is 0 Å². The summed E-state index contributed by atoms with van der Waals surface area (Å²) in [6.45, 7) is 5.17. The minimum atomic E-state index is -1.59. The van der Waals surface area contributed by atoms with Crippen LogP contribution in [0.4, 0.5) is 4.79 Å². The summed E-state index contributed by atoms with van der Waals surface area (Å²) < 4.78 is 5.54. The fourth-order valence-corrected chi connectivity index (χ4v) is 5.51. The maximum Gasteiger partial charge on any atom is 0.526 e. The van der Waals surface area contributed by atoms with Crippen LogP contribution in [0.25, 0.3) is 0 Å². The zero-order valence-electron chi connectivity index (χ0n) is 23.0. The average molecular weight is 602 g/mol. The lowest BCUT2D eigenvalue weighted by Gasteiger charge is -2.37. The number of benzene rings is 2. The number of urea groups is 1. The first-order chi connectivity index (χ1) is 19.8. The molecule has 0 aromatic heterocycles. The summed E-state index contributed by atoms with van der Waals surface area (Å²) in [6.07, 6.45) is -0.354. The number of nitrogens with zero attached hydrogens (tertiary/aromatic N) is 2. The monoisotopic (exact) mass is 601 g/mol. The molecule has 0 saturated carbocycles. The third-order valence-corrected chi connectivity index (χ3v) is 7.89. The molecule has 2 aromatic carbocycles. The van der Waals surface area contributed by atoms with Crippen molar-refractivity contribution in [3.63, 3.8) is 0 Å². The lowest BCUT2D eigenvalue weighted by atomic mass is 9.64. The van der Waals surface area contributed by atoms with Crippen LogP contribution in [-0.2, 0) is 20.8 Å². The van der Waals surface area contributed by atoms with Crippen molar-refractivity contribution in [1.82, 2.24) is 15.1 Å². The molecule has 2 heterocycles. The minimum absolute atomic E-state index is 0.00144. The van der Waals surface area contributed by atoms with Gasteiger partial charge in [0.15, 0.2) is 17.3 Å². The van der Waals surface area contributed by atoms with Crippen LogP contribution < -0.4 is 9.97 Å². The Balaban J connectivity index is 1.64. The van der Waals surface area contributed by atoms with Gasteiger partial charge in [-0.05, 0) is 44.4 Å². The molecule has 15 heteroatoms. The second-order valence-electron chi connectivity index (χ2n) is 10.3. The van der Waals surface area contributed by atoms with Crippen LogP contribution in [0.5, 0.6) is 17.2 Å². The Morgan fingerprint density at radius 2 is 1.86 bits per heavy atom. The van der Waals surface area contributed by atoms with Crippen molar-refractivity contribution in [2.75, 3.05) is 13.1 Å². The number of halogens is 1. The normalized spacial score (nSPS) is 19.2. The van der Waals surface area contributed by atoms with Gasteiger partial charge in [-0.25, -0.2) is 9.59 Å². The molecule has 2 aliphatic rings. The van der Waals surface area contributed by atoms with Crippen molar-refractivity contribution in [3.05, 3.63) is 51.5 Å². The minimum Gasteiger partial charge on any atom is -0.535 e. The molecule has 0 bridgehead atoms. The molecule has 2 aromatic rings. The summed E-state index contributed by atoms with van der Waals surface area (Å²) in [5.74, 6) is -6.13. The molecule has 1 saturated heterocycles. The third kappa shape index (κ3) is 5.59. The van der Waals surface area contributed by atoms with E-state index in [4.69, 9.17) is 16.3 Å². The molecule has 0 spiro atoms. The number of phenolic OH excluding ortho intramolecular Hbond substituents is 2. The number of amides is 4. The number of carboxylic acid groups (broad SMARTS) is 1. The molecular weight excluding hydrogens is 573 g/mol. The van der Waals surface area contributed by atoms with Crippen molar-refractivity contribution in [3.8, 4) is 17.2 Å².